The predicted octanol–water partition coefficient (Wildman–Crippen LogP) is 1.29. The lowest BCUT2D eigenvalue weighted by molar-refractivity contribution is -0.130. The molecule has 1 fully saturated rings. The van der Waals surface area contributed by atoms with Crippen LogP contribution in [0.4, 0.5) is 0 Å². The number of aryl methyl sites for hydroxylation is 2. The highest BCUT2D eigenvalue weighted by Gasteiger charge is 2.28. The van der Waals surface area contributed by atoms with Gasteiger partial charge in [0.05, 0.1) is 24.1 Å². The maximum Gasteiger partial charge on any atom is 0.222 e. The molecule has 1 aliphatic heterocycles. The van der Waals surface area contributed by atoms with Crippen LogP contribution in [0.5, 0.6) is 0 Å². The van der Waals surface area contributed by atoms with Crippen molar-refractivity contribution in [3.8, 4) is 0 Å². The molecule has 3 heterocycles. The van der Waals surface area contributed by atoms with Gasteiger partial charge in [-0.15, -0.1) is 0 Å². The summed E-state index contributed by atoms with van der Waals surface area (Å²) in [6.07, 6.45) is 5.42. The van der Waals surface area contributed by atoms with Crippen molar-refractivity contribution in [1.29, 1.82) is 0 Å². The molecular weight excluding hydrogens is 270 g/mol. The number of carbonyl (C=O) groups excluding carboxylic acids is 1. The first-order valence-electron chi connectivity index (χ1n) is 7.20. The lowest BCUT2D eigenvalue weighted by atomic mass is 10.1. The fourth-order valence-corrected chi connectivity index (χ4v) is 2.82. The second kappa shape index (κ2) is 5.67. The van der Waals surface area contributed by atoms with Crippen LogP contribution in [0.15, 0.2) is 16.9 Å². The van der Waals surface area contributed by atoms with E-state index >= 15 is 0 Å². The number of hydrogen-bond acceptors (Lipinski definition) is 5. The molecule has 1 amide bonds. The van der Waals surface area contributed by atoms with Gasteiger partial charge >= 0.3 is 0 Å². The fraction of sp³-hybridized carbons (Fsp3) is 0.571. The van der Waals surface area contributed by atoms with E-state index in [-0.39, 0.29) is 11.9 Å². The molecule has 0 radical (unpaired) electrons. The fourth-order valence-electron chi connectivity index (χ4n) is 2.82. The van der Waals surface area contributed by atoms with Gasteiger partial charge in [-0.1, -0.05) is 5.16 Å². The molecule has 0 N–H and O–H groups in total. The maximum atomic E-state index is 12.3. The van der Waals surface area contributed by atoms with Crippen molar-refractivity contribution in [3.63, 3.8) is 0 Å². The highest BCUT2D eigenvalue weighted by atomic mass is 16.5. The van der Waals surface area contributed by atoms with Gasteiger partial charge in [0.15, 0.2) is 0 Å². The Kier molecular flexibility index (Phi) is 3.72. The van der Waals surface area contributed by atoms with Crippen LogP contribution in [-0.4, -0.2) is 44.0 Å². The lowest BCUT2D eigenvalue weighted by Crippen LogP contribution is -2.29. The summed E-state index contributed by atoms with van der Waals surface area (Å²) in [4.78, 5) is 15.9. The van der Waals surface area contributed by atoms with Crippen molar-refractivity contribution in [2.75, 3.05) is 13.1 Å². The first kappa shape index (κ1) is 13.8. The number of aromatic nitrogens is 4. The quantitative estimate of drug-likeness (QED) is 0.847. The van der Waals surface area contributed by atoms with Crippen LogP contribution >= 0.6 is 0 Å². The Morgan fingerprint density at radius 2 is 2.14 bits per heavy atom. The second-order valence-electron chi connectivity index (χ2n) is 5.43. The van der Waals surface area contributed by atoms with Crippen LogP contribution in [0.25, 0.3) is 0 Å². The van der Waals surface area contributed by atoms with Crippen molar-refractivity contribution in [2.45, 2.75) is 39.2 Å². The van der Waals surface area contributed by atoms with Crippen molar-refractivity contribution < 1.29 is 9.32 Å². The van der Waals surface area contributed by atoms with E-state index in [1.807, 2.05) is 18.7 Å². The number of amides is 1. The average Bonchev–Trinajstić information content (AvgIpc) is 3.18. The van der Waals surface area contributed by atoms with E-state index in [9.17, 15) is 4.79 Å². The zero-order chi connectivity index (χ0) is 14.8. The highest BCUT2D eigenvalue weighted by molar-refractivity contribution is 5.76. The van der Waals surface area contributed by atoms with Gasteiger partial charge in [0.25, 0.3) is 0 Å². The van der Waals surface area contributed by atoms with Gasteiger partial charge in [0.2, 0.25) is 5.91 Å². The summed E-state index contributed by atoms with van der Waals surface area (Å²) >= 11 is 0. The molecule has 0 aliphatic carbocycles. The van der Waals surface area contributed by atoms with E-state index in [2.05, 4.69) is 15.4 Å². The summed E-state index contributed by atoms with van der Waals surface area (Å²) in [5.74, 6) is 0.977. The van der Waals surface area contributed by atoms with Crippen molar-refractivity contribution in [1.82, 2.24) is 25.1 Å². The molecule has 1 aliphatic rings. The van der Waals surface area contributed by atoms with E-state index < -0.39 is 0 Å². The van der Waals surface area contributed by atoms with Crippen LogP contribution in [0.3, 0.4) is 0 Å². The van der Waals surface area contributed by atoms with Crippen LogP contribution in [0.1, 0.15) is 35.9 Å². The summed E-state index contributed by atoms with van der Waals surface area (Å²) in [7, 11) is 0. The van der Waals surface area contributed by atoms with Gasteiger partial charge in [0.1, 0.15) is 5.76 Å². The predicted molar refractivity (Wildman–Crippen MR) is 74.6 cm³/mol. The lowest BCUT2D eigenvalue weighted by Gasteiger charge is -2.16. The summed E-state index contributed by atoms with van der Waals surface area (Å²) < 4.78 is 5.12. The van der Waals surface area contributed by atoms with Crippen molar-refractivity contribution in [3.05, 3.63) is 29.4 Å². The number of hydrogen-bond donors (Lipinski definition) is 0. The molecule has 7 nitrogen and oxygen atoms in total. The molecule has 0 bridgehead atoms. The summed E-state index contributed by atoms with van der Waals surface area (Å²) in [5.41, 5.74) is 1.92. The van der Waals surface area contributed by atoms with E-state index in [0.29, 0.717) is 19.4 Å². The normalized spacial score (nSPS) is 18.4. The van der Waals surface area contributed by atoms with Gasteiger partial charge in [-0.3, -0.25) is 4.79 Å². The minimum Gasteiger partial charge on any atom is -0.361 e. The summed E-state index contributed by atoms with van der Waals surface area (Å²) in [6.45, 7) is 5.25. The molecule has 2 aromatic heterocycles. The van der Waals surface area contributed by atoms with Crippen LogP contribution in [0.2, 0.25) is 0 Å². The zero-order valence-corrected chi connectivity index (χ0v) is 12.3. The molecule has 21 heavy (non-hydrogen) atoms. The molecule has 1 atom stereocenters. The first-order chi connectivity index (χ1) is 10.1. The Morgan fingerprint density at radius 1 is 1.38 bits per heavy atom. The molecule has 0 saturated carbocycles. The van der Waals surface area contributed by atoms with Crippen LogP contribution in [0, 0.1) is 13.8 Å². The SMILES string of the molecule is Cc1noc(C)c1CCC(=O)N1CC[C@H](n2nccn2)C1. The first-order valence-corrected chi connectivity index (χ1v) is 7.20. The number of nitrogens with zero attached hydrogens (tertiary/aromatic N) is 5. The summed E-state index contributed by atoms with van der Waals surface area (Å²) in [6, 6.07) is 0.197. The molecule has 1 saturated heterocycles. The number of rotatable bonds is 4. The van der Waals surface area contributed by atoms with Gasteiger partial charge in [0, 0.05) is 25.1 Å². The van der Waals surface area contributed by atoms with Crippen molar-refractivity contribution >= 4 is 5.91 Å². The minimum atomic E-state index is 0.171. The smallest absolute Gasteiger partial charge is 0.222 e. The van der Waals surface area contributed by atoms with Crippen LogP contribution in [-0.2, 0) is 11.2 Å². The Hall–Kier alpha value is -2.18. The molecule has 0 unspecified atom stereocenters. The van der Waals surface area contributed by atoms with Gasteiger partial charge < -0.3 is 9.42 Å². The third-order valence-electron chi connectivity index (χ3n) is 4.05. The Bertz CT molecular complexity index is 600. The third-order valence-corrected chi connectivity index (χ3v) is 4.05. The summed E-state index contributed by atoms with van der Waals surface area (Å²) in [5, 5.41) is 12.2. The molecule has 3 rings (SSSR count). The zero-order valence-electron chi connectivity index (χ0n) is 12.3. The molecular formula is C14H19N5O2. The monoisotopic (exact) mass is 289 g/mol. The number of likely N-dealkylation sites (tertiary alicyclic amines) is 1. The molecule has 112 valence electrons. The van der Waals surface area contributed by atoms with E-state index in [4.69, 9.17) is 4.52 Å². The van der Waals surface area contributed by atoms with Gasteiger partial charge in [-0.25, -0.2) is 0 Å². The van der Waals surface area contributed by atoms with Gasteiger partial charge in [-0.2, -0.15) is 15.0 Å². The Morgan fingerprint density at radius 3 is 2.81 bits per heavy atom. The number of carbonyl (C=O) groups is 1. The molecule has 0 aromatic carbocycles. The topological polar surface area (TPSA) is 77.0 Å². The van der Waals surface area contributed by atoms with E-state index in [0.717, 1.165) is 30.0 Å². The third kappa shape index (κ3) is 2.81. The molecule has 0 spiro atoms. The van der Waals surface area contributed by atoms with E-state index in [1.165, 1.54) is 0 Å². The van der Waals surface area contributed by atoms with E-state index in [1.54, 1.807) is 17.2 Å². The van der Waals surface area contributed by atoms with Gasteiger partial charge in [-0.05, 0) is 26.7 Å². The van der Waals surface area contributed by atoms with Crippen molar-refractivity contribution in [2.24, 2.45) is 0 Å². The largest absolute Gasteiger partial charge is 0.361 e. The Labute approximate surface area is 122 Å². The minimum absolute atomic E-state index is 0.171. The second-order valence-corrected chi connectivity index (χ2v) is 5.43. The highest BCUT2D eigenvalue weighted by Crippen LogP contribution is 2.21. The average molecular weight is 289 g/mol. The maximum absolute atomic E-state index is 12.3. The van der Waals surface area contributed by atoms with Crippen LogP contribution < -0.4 is 0 Å². The molecule has 2 aromatic rings. The molecule has 7 heteroatoms. The standard InChI is InChI=1S/C14H19N5O2/c1-10-13(11(2)21-17-10)3-4-14(20)18-8-5-12(9-18)19-15-6-7-16-19/h6-7,12H,3-5,8-9H2,1-2H3/t12-/m0/s1. The Balaban J connectivity index is 1.55.